The Morgan fingerprint density at radius 2 is 1.89 bits per heavy atom. The van der Waals surface area contributed by atoms with E-state index in [1.165, 1.54) is 19.3 Å². The van der Waals surface area contributed by atoms with Gasteiger partial charge in [0.25, 0.3) is 0 Å². The van der Waals surface area contributed by atoms with E-state index in [1.54, 1.807) is 6.07 Å². The Morgan fingerprint density at radius 1 is 1.11 bits per heavy atom. The number of aromatic hydroxyl groups is 1. The predicted molar refractivity (Wildman–Crippen MR) is 67.9 cm³/mol. The maximum Gasteiger partial charge on any atom is 0.311 e. The van der Waals surface area contributed by atoms with Gasteiger partial charge in [0, 0.05) is 6.07 Å². The Balaban J connectivity index is 1.93. The molecule has 1 fully saturated rings. The van der Waals surface area contributed by atoms with Crippen molar-refractivity contribution in [3.63, 3.8) is 0 Å². The lowest BCUT2D eigenvalue weighted by Gasteiger charge is -2.25. The minimum Gasteiger partial charge on any atom is -0.508 e. The van der Waals surface area contributed by atoms with Crippen LogP contribution in [-0.4, -0.2) is 11.1 Å². The molecule has 0 aromatic heterocycles. The molecule has 1 aliphatic carbocycles. The molecule has 0 radical (unpaired) electrons. The van der Waals surface area contributed by atoms with Crippen LogP contribution in [0.15, 0.2) is 12.1 Å². The summed E-state index contributed by atoms with van der Waals surface area (Å²) in [7, 11) is 0. The summed E-state index contributed by atoms with van der Waals surface area (Å²) < 4.78 is 5.16. The Bertz CT molecular complexity index is 473. The molecule has 0 saturated heterocycles. The molecule has 0 spiro atoms. The molecular formula is C15H18O3. The van der Waals surface area contributed by atoms with Crippen LogP contribution in [0.5, 0.6) is 11.5 Å². The molecule has 0 atom stereocenters. The zero-order chi connectivity index (χ0) is 12.5. The lowest BCUT2D eigenvalue weighted by atomic mass is 9.82. The lowest BCUT2D eigenvalue weighted by Crippen LogP contribution is -2.16. The van der Waals surface area contributed by atoms with Crippen LogP contribution in [-0.2, 0) is 11.2 Å². The summed E-state index contributed by atoms with van der Waals surface area (Å²) in [5.41, 5.74) is 2.11. The number of benzene rings is 1. The second-order valence-corrected chi connectivity index (χ2v) is 5.33. The molecule has 3 heteroatoms. The lowest BCUT2D eigenvalue weighted by molar-refractivity contribution is -0.135. The van der Waals surface area contributed by atoms with Crippen molar-refractivity contribution in [3.05, 3.63) is 23.3 Å². The Morgan fingerprint density at radius 3 is 2.67 bits per heavy atom. The number of phenolic OH excluding ortho intramolecular Hbond substituents is 1. The molecule has 1 aliphatic heterocycles. The number of ether oxygens (including phenoxy) is 1. The number of carbonyl (C=O) groups is 1. The van der Waals surface area contributed by atoms with E-state index in [0.29, 0.717) is 18.1 Å². The van der Waals surface area contributed by atoms with Crippen molar-refractivity contribution in [2.24, 2.45) is 0 Å². The topological polar surface area (TPSA) is 46.5 Å². The van der Waals surface area contributed by atoms with Crippen molar-refractivity contribution in [2.45, 2.75) is 50.9 Å². The van der Waals surface area contributed by atoms with Crippen molar-refractivity contribution in [1.29, 1.82) is 0 Å². The van der Waals surface area contributed by atoms with Crippen LogP contribution in [0.25, 0.3) is 0 Å². The van der Waals surface area contributed by atoms with E-state index in [4.69, 9.17) is 4.74 Å². The second kappa shape index (κ2) is 4.63. The molecule has 1 aromatic carbocycles. The van der Waals surface area contributed by atoms with Gasteiger partial charge in [0.1, 0.15) is 11.5 Å². The average Bonchev–Trinajstić information content (AvgIpc) is 2.39. The van der Waals surface area contributed by atoms with E-state index in [2.05, 4.69) is 0 Å². The number of hydrogen-bond acceptors (Lipinski definition) is 3. The minimum absolute atomic E-state index is 0.202. The first-order valence-corrected chi connectivity index (χ1v) is 6.80. The van der Waals surface area contributed by atoms with Crippen LogP contribution in [0.2, 0.25) is 0 Å². The van der Waals surface area contributed by atoms with Gasteiger partial charge in [0.15, 0.2) is 0 Å². The van der Waals surface area contributed by atoms with Gasteiger partial charge < -0.3 is 9.84 Å². The van der Waals surface area contributed by atoms with Crippen molar-refractivity contribution in [2.75, 3.05) is 0 Å². The summed E-state index contributed by atoms with van der Waals surface area (Å²) in [5, 5.41) is 10.1. The van der Waals surface area contributed by atoms with Crippen LogP contribution < -0.4 is 4.74 Å². The van der Waals surface area contributed by atoms with E-state index in [0.717, 1.165) is 30.4 Å². The van der Waals surface area contributed by atoms with Crippen molar-refractivity contribution >= 4 is 5.97 Å². The van der Waals surface area contributed by atoms with Gasteiger partial charge in [-0.25, -0.2) is 0 Å². The summed E-state index contributed by atoms with van der Waals surface area (Å²) >= 11 is 0. The number of aryl methyl sites for hydroxylation is 1. The maximum atomic E-state index is 11.2. The normalized spacial score (nSPS) is 20.3. The zero-order valence-electron chi connectivity index (χ0n) is 10.4. The fraction of sp³-hybridized carbons (Fsp3) is 0.533. The first-order valence-electron chi connectivity index (χ1n) is 6.80. The Kier molecular flexibility index (Phi) is 2.98. The first-order chi connectivity index (χ1) is 8.74. The van der Waals surface area contributed by atoms with E-state index in [1.807, 2.05) is 6.07 Å². The number of phenols is 1. The molecule has 1 saturated carbocycles. The molecule has 1 N–H and O–H groups in total. The van der Waals surface area contributed by atoms with E-state index in [9.17, 15) is 9.90 Å². The summed E-state index contributed by atoms with van der Waals surface area (Å²) in [6, 6.07) is 3.67. The standard InChI is InChI=1S/C15H18O3/c16-13-9-14-11(6-7-15(17)18-14)8-12(13)10-4-2-1-3-5-10/h8-10,16H,1-7H2. The van der Waals surface area contributed by atoms with E-state index >= 15 is 0 Å². The van der Waals surface area contributed by atoms with Crippen molar-refractivity contribution in [3.8, 4) is 11.5 Å². The molecule has 0 bridgehead atoms. The Labute approximate surface area is 107 Å². The largest absolute Gasteiger partial charge is 0.508 e. The van der Waals surface area contributed by atoms with Gasteiger partial charge in [0.05, 0.1) is 6.42 Å². The van der Waals surface area contributed by atoms with Gasteiger partial charge in [-0.2, -0.15) is 0 Å². The third kappa shape index (κ3) is 2.09. The van der Waals surface area contributed by atoms with Crippen LogP contribution in [0.3, 0.4) is 0 Å². The number of carbonyl (C=O) groups excluding carboxylic acids is 1. The molecule has 0 unspecified atom stereocenters. The maximum absolute atomic E-state index is 11.2. The van der Waals surface area contributed by atoms with Crippen LogP contribution in [0, 0.1) is 0 Å². The first kappa shape index (κ1) is 11.6. The SMILES string of the molecule is O=C1CCc2cc(C3CCCCC3)c(O)cc2O1. The van der Waals surface area contributed by atoms with Crippen molar-refractivity contribution < 1.29 is 14.6 Å². The van der Waals surface area contributed by atoms with Gasteiger partial charge in [-0.1, -0.05) is 19.3 Å². The van der Waals surface area contributed by atoms with Gasteiger partial charge in [-0.15, -0.1) is 0 Å². The van der Waals surface area contributed by atoms with Crippen LogP contribution >= 0.6 is 0 Å². The molecule has 96 valence electrons. The highest BCUT2D eigenvalue weighted by Crippen LogP contribution is 2.41. The van der Waals surface area contributed by atoms with E-state index < -0.39 is 0 Å². The molecule has 1 heterocycles. The molecule has 0 amide bonds. The van der Waals surface area contributed by atoms with E-state index in [-0.39, 0.29) is 11.7 Å². The zero-order valence-corrected chi connectivity index (χ0v) is 10.4. The summed E-state index contributed by atoms with van der Waals surface area (Å²) in [5.74, 6) is 1.10. The van der Waals surface area contributed by atoms with Gasteiger partial charge in [0.2, 0.25) is 0 Å². The number of esters is 1. The third-order valence-corrected chi connectivity index (χ3v) is 4.08. The fourth-order valence-electron chi connectivity index (χ4n) is 3.07. The highest BCUT2D eigenvalue weighted by molar-refractivity contribution is 5.75. The molecule has 2 aliphatic rings. The predicted octanol–water partition coefficient (Wildman–Crippen LogP) is 3.29. The minimum atomic E-state index is -0.202. The smallest absolute Gasteiger partial charge is 0.311 e. The quantitative estimate of drug-likeness (QED) is 0.611. The second-order valence-electron chi connectivity index (χ2n) is 5.33. The van der Waals surface area contributed by atoms with Crippen molar-refractivity contribution in [1.82, 2.24) is 0 Å². The molecule has 18 heavy (non-hydrogen) atoms. The molecule has 1 aromatic rings. The third-order valence-electron chi connectivity index (χ3n) is 4.08. The number of fused-ring (bicyclic) bond motifs is 1. The highest BCUT2D eigenvalue weighted by atomic mass is 16.5. The summed E-state index contributed by atoms with van der Waals surface area (Å²) in [6.45, 7) is 0. The van der Waals surface area contributed by atoms with Gasteiger partial charge in [-0.05, 0) is 42.4 Å². The number of rotatable bonds is 1. The fourth-order valence-corrected chi connectivity index (χ4v) is 3.07. The van der Waals surface area contributed by atoms with Gasteiger partial charge >= 0.3 is 5.97 Å². The van der Waals surface area contributed by atoms with Gasteiger partial charge in [-0.3, -0.25) is 4.79 Å². The Hall–Kier alpha value is -1.51. The molecular weight excluding hydrogens is 228 g/mol. The summed E-state index contributed by atoms with van der Waals surface area (Å²) in [6.07, 6.45) is 7.29. The number of hydrogen-bond donors (Lipinski definition) is 1. The van der Waals surface area contributed by atoms with Crippen LogP contribution in [0.4, 0.5) is 0 Å². The molecule has 3 rings (SSSR count). The summed E-state index contributed by atoms with van der Waals surface area (Å²) in [4.78, 5) is 11.2. The average molecular weight is 246 g/mol. The van der Waals surface area contributed by atoms with Crippen LogP contribution in [0.1, 0.15) is 55.6 Å². The molecule has 3 nitrogen and oxygen atoms in total. The highest BCUT2D eigenvalue weighted by Gasteiger charge is 2.23. The monoisotopic (exact) mass is 246 g/mol.